The highest BCUT2D eigenvalue weighted by Gasteiger charge is 2.51. The molecule has 0 unspecified atom stereocenters. The van der Waals surface area contributed by atoms with Crippen molar-refractivity contribution in [2.24, 2.45) is 11.8 Å². The Morgan fingerprint density at radius 2 is 1.34 bits per heavy atom. The van der Waals surface area contributed by atoms with E-state index in [9.17, 15) is 4.79 Å². The second-order valence-corrected chi connectivity index (χ2v) is 8.00. The van der Waals surface area contributed by atoms with Gasteiger partial charge >= 0.3 is 0 Å². The molecule has 3 heteroatoms. The number of methoxy groups -OCH3 is 1. The van der Waals surface area contributed by atoms with Gasteiger partial charge in [-0.15, -0.1) is 0 Å². The van der Waals surface area contributed by atoms with Crippen molar-refractivity contribution < 1.29 is 9.53 Å². The summed E-state index contributed by atoms with van der Waals surface area (Å²) in [5.74, 6) is 1.31. The van der Waals surface area contributed by atoms with Gasteiger partial charge in [-0.2, -0.15) is 0 Å². The van der Waals surface area contributed by atoms with E-state index >= 15 is 0 Å². The summed E-state index contributed by atoms with van der Waals surface area (Å²) < 4.78 is 5.45. The Bertz CT molecular complexity index is 1030. The van der Waals surface area contributed by atoms with Crippen LogP contribution in [0.5, 0.6) is 5.75 Å². The number of carbonyl (C=O) groups is 1. The van der Waals surface area contributed by atoms with Gasteiger partial charge < -0.3 is 10.1 Å². The minimum absolute atomic E-state index is 0.0837. The number of nitrogens with one attached hydrogen (secondary N) is 1. The lowest BCUT2D eigenvalue weighted by Gasteiger charge is -2.50. The van der Waals surface area contributed by atoms with Crippen LogP contribution in [0.2, 0.25) is 0 Å². The molecule has 0 fully saturated rings. The van der Waals surface area contributed by atoms with E-state index in [-0.39, 0.29) is 29.6 Å². The minimum Gasteiger partial charge on any atom is -0.495 e. The van der Waals surface area contributed by atoms with Crippen LogP contribution in [0.4, 0.5) is 5.69 Å². The van der Waals surface area contributed by atoms with Crippen molar-refractivity contribution >= 4 is 11.6 Å². The molecule has 3 aliphatic rings. The van der Waals surface area contributed by atoms with E-state index in [4.69, 9.17) is 4.74 Å². The maximum Gasteiger partial charge on any atom is 0.228 e. The Morgan fingerprint density at radius 3 is 1.90 bits per heavy atom. The van der Waals surface area contributed by atoms with Crippen molar-refractivity contribution in [2.45, 2.75) is 25.2 Å². The fraction of sp³-hybridized carbons (Fsp3) is 0.269. The van der Waals surface area contributed by atoms with E-state index < -0.39 is 0 Å². The number of hydrogen-bond donors (Lipinski definition) is 1. The third kappa shape index (κ3) is 2.68. The summed E-state index contributed by atoms with van der Waals surface area (Å²) in [6, 6.07) is 25.0. The monoisotopic (exact) mass is 383 g/mol. The standard InChI is InChI=1S/C26H25NO2/c1-3-16-23-17-10-4-6-12-19(17)24(20-13-7-5-11-18(20)23)25(16)26(28)27-21-14-8-9-15-22(21)29-2/h4-16,23-25H,3H2,1-2H3,(H,27,28)/t16-,23?,24?,25-/m1/s1. The summed E-state index contributed by atoms with van der Waals surface area (Å²) in [5.41, 5.74) is 6.13. The Kier molecular flexibility index (Phi) is 4.39. The molecule has 0 aliphatic heterocycles. The van der Waals surface area contributed by atoms with Crippen molar-refractivity contribution in [2.75, 3.05) is 12.4 Å². The van der Waals surface area contributed by atoms with E-state index in [0.717, 1.165) is 12.1 Å². The van der Waals surface area contributed by atoms with Crippen LogP contribution < -0.4 is 10.1 Å². The van der Waals surface area contributed by atoms with Crippen LogP contribution in [0, 0.1) is 11.8 Å². The number of para-hydroxylation sites is 2. The lowest BCUT2D eigenvalue weighted by molar-refractivity contribution is -0.122. The van der Waals surface area contributed by atoms with Crippen LogP contribution in [-0.4, -0.2) is 13.0 Å². The number of carbonyl (C=O) groups excluding carboxylic acids is 1. The zero-order chi connectivity index (χ0) is 20.0. The fourth-order valence-electron chi connectivity index (χ4n) is 5.59. The van der Waals surface area contributed by atoms with Gasteiger partial charge in [0.25, 0.3) is 0 Å². The molecular weight excluding hydrogens is 358 g/mol. The zero-order valence-corrected chi connectivity index (χ0v) is 16.8. The Hall–Kier alpha value is -3.07. The van der Waals surface area contributed by atoms with Gasteiger partial charge in [0.05, 0.1) is 18.7 Å². The SMILES string of the molecule is CC[C@@H]1C2c3ccccc3C(c3ccccc32)[C@@H]1C(=O)Nc1ccccc1OC. The smallest absolute Gasteiger partial charge is 0.228 e. The molecule has 3 aromatic carbocycles. The van der Waals surface area contributed by atoms with Gasteiger partial charge in [0.15, 0.2) is 0 Å². The molecule has 3 aromatic rings. The molecule has 0 saturated heterocycles. The predicted octanol–water partition coefficient (Wildman–Crippen LogP) is 5.57. The van der Waals surface area contributed by atoms with Crippen LogP contribution >= 0.6 is 0 Å². The Labute approximate surface area is 171 Å². The van der Waals surface area contributed by atoms with Crippen molar-refractivity contribution in [1.82, 2.24) is 0 Å². The number of anilines is 1. The van der Waals surface area contributed by atoms with Crippen LogP contribution in [0.1, 0.15) is 47.4 Å². The molecule has 1 N–H and O–H groups in total. The molecule has 146 valence electrons. The summed E-state index contributed by atoms with van der Waals surface area (Å²) >= 11 is 0. The maximum atomic E-state index is 13.6. The van der Waals surface area contributed by atoms with Crippen molar-refractivity contribution in [3.63, 3.8) is 0 Å². The quantitative estimate of drug-likeness (QED) is 0.640. The fourth-order valence-corrected chi connectivity index (χ4v) is 5.59. The zero-order valence-electron chi connectivity index (χ0n) is 16.8. The van der Waals surface area contributed by atoms with Crippen LogP contribution in [0.25, 0.3) is 0 Å². The van der Waals surface area contributed by atoms with Crippen molar-refractivity contribution in [3.8, 4) is 5.75 Å². The molecule has 2 bridgehead atoms. The normalized spacial score (nSPS) is 23.8. The topological polar surface area (TPSA) is 38.3 Å². The van der Waals surface area contributed by atoms with Gasteiger partial charge in [0.2, 0.25) is 5.91 Å². The summed E-state index contributed by atoms with van der Waals surface area (Å²) in [6.07, 6.45) is 0.966. The average molecular weight is 383 g/mol. The molecule has 3 nitrogen and oxygen atoms in total. The molecule has 0 aromatic heterocycles. The van der Waals surface area contributed by atoms with Gasteiger partial charge in [-0.25, -0.2) is 0 Å². The van der Waals surface area contributed by atoms with E-state index in [2.05, 4.69) is 60.8 Å². The largest absolute Gasteiger partial charge is 0.495 e. The number of hydrogen-bond acceptors (Lipinski definition) is 2. The van der Waals surface area contributed by atoms with Crippen molar-refractivity contribution in [1.29, 1.82) is 0 Å². The van der Waals surface area contributed by atoms with Gasteiger partial charge in [-0.3, -0.25) is 4.79 Å². The molecule has 0 saturated carbocycles. The third-order valence-corrected chi connectivity index (χ3v) is 6.72. The average Bonchev–Trinajstić information content (AvgIpc) is 2.78. The second-order valence-electron chi connectivity index (χ2n) is 8.00. The number of rotatable bonds is 4. The third-order valence-electron chi connectivity index (χ3n) is 6.72. The summed E-state index contributed by atoms with van der Waals surface area (Å²) in [4.78, 5) is 13.6. The number of benzene rings is 3. The van der Waals surface area contributed by atoms with E-state index in [1.165, 1.54) is 22.3 Å². The Morgan fingerprint density at radius 1 is 0.828 bits per heavy atom. The van der Waals surface area contributed by atoms with Gasteiger partial charge in [0.1, 0.15) is 5.75 Å². The summed E-state index contributed by atoms with van der Waals surface area (Å²) in [7, 11) is 1.63. The van der Waals surface area contributed by atoms with Crippen LogP contribution in [-0.2, 0) is 4.79 Å². The highest BCUT2D eigenvalue weighted by Crippen LogP contribution is 2.59. The molecule has 2 atom stereocenters. The second kappa shape index (κ2) is 7.07. The minimum atomic E-state index is -0.0975. The molecule has 3 aliphatic carbocycles. The molecule has 0 spiro atoms. The van der Waals surface area contributed by atoms with Crippen LogP contribution in [0.3, 0.4) is 0 Å². The predicted molar refractivity (Wildman–Crippen MR) is 115 cm³/mol. The van der Waals surface area contributed by atoms with E-state index in [1.807, 2.05) is 24.3 Å². The first-order chi connectivity index (χ1) is 14.2. The number of fused-ring (bicyclic) bond motifs is 1. The first kappa shape index (κ1) is 18.0. The highest BCUT2D eigenvalue weighted by molar-refractivity contribution is 5.96. The van der Waals surface area contributed by atoms with Crippen LogP contribution in [0.15, 0.2) is 72.8 Å². The van der Waals surface area contributed by atoms with Crippen molar-refractivity contribution in [3.05, 3.63) is 95.1 Å². The lowest BCUT2D eigenvalue weighted by Crippen LogP contribution is -2.45. The molecule has 0 heterocycles. The molecular formula is C26H25NO2. The molecule has 29 heavy (non-hydrogen) atoms. The van der Waals surface area contributed by atoms with Gasteiger partial charge in [-0.1, -0.05) is 74.0 Å². The number of amides is 1. The maximum absolute atomic E-state index is 13.6. The van der Waals surface area contributed by atoms with Gasteiger partial charge in [-0.05, 0) is 40.3 Å². The number of ether oxygens (including phenoxy) is 1. The van der Waals surface area contributed by atoms with Gasteiger partial charge in [0, 0.05) is 11.8 Å². The molecule has 6 rings (SSSR count). The first-order valence-electron chi connectivity index (χ1n) is 10.4. The molecule has 0 radical (unpaired) electrons. The van der Waals surface area contributed by atoms with E-state index in [1.54, 1.807) is 7.11 Å². The first-order valence-corrected chi connectivity index (χ1v) is 10.4. The molecule has 1 amide bonds. The Balaban J connectivity index is 1.61. The lowest BCUT2D eigenvalue weighted by atomic mass is 9.53. The highest BCUT2D eigenvalue weighted by atomic mass is 16.5. The summed E-state index contributed by atoms with van der Waals surface area (Å²) in [6.45, 7) is 2.21. The van der Waals surface area contributed by atoms with E-state index in [0.29, 0.717) is 5.75 Å². The summed E-state index contributed by atoms with van der Waals surface area (Å²) in [5, 5.41) is 3.18.